The van der Waals surface area contributed by atoms with E-state index >= 15 is 0 Å². The second kappa shape index (κ2) is 4.30. The molecule has 0 radical (unpaired) electrons. The third kappa shape index (κ3) is 2.18. The van der Waals surface area contributed by atoms with Crippen LogP contribution in [0.1, 0.15) is 37.1 Å². The highest BCUT2D eigenvalue weighted by Crippen LogP contribution is 2.40. The van der Waals surface area contributed by atoms with E-state index < -0.39 is 11.4 Å². The van der Waals surface area contributed by atoms with Gasteiger partial charge in [-0.1, -0.05) is 19.9 Å². The smallest absolute Gasteiger partial charge is 0.304 e. The summed E-state index contributed by atoms with van der Waals surface area (Å²) in [6.45, 7) is 7.56. The van der Waals surface area contributed by atoms with Gasteiger partial charge in [0.25, 0.3) is 0 Å². The Bertz CT molecular complexity index is 653. The van der Waals surface area contributed by atoms with E-state index in [1.54, 1.807) is 6.07 Å². The van der Waals surface area contributed by atoms with Crippen LogP contribution in [0.3, 0.4) is 0 Å². The number of aromatic amines is 1. The SMILES string of the molecule is Cc1[nH]c2ccc(C(C)(C)CC(=O)O)c(O)c2c1C. The molecule has 1 aromatic carbocycles. The van der Waals surface area contributed by atoms with Crippen LogP contribution in [0, 0.1) is 13.8 Å². The molecule has 4 heteroatoms. The fourth-order valence-electron chi connectivity index (χ4n) is 2.58. The number of benzene rings is 1. The normalized spacial score (nSPS) is 12.0. The summed E-state index contributed by atoms with van der Waals surface area (Å²) >= 11 is 0. The highest BCUT2D eigenvalue weighted by atomic mass is 16.4. The molecule has 0 aliphatic heterocycles. The van der Waals surface area contributed by atoms with Gasteiger partial charge in [0, 0.05) is 27.6 Å². The number of phenols is 1. The number of aromatic hydroxyl groups is 1. The third-order valence-corrected chi connectivity index (χ3v) is 3.76. The van der Waals surface area contributed by atoms with Crippen molar-refractivity contribution >= 4 is 16.9 Å². The van der Waals surface area contributed by atoms with Gasteiger partial charge in [-0.2, -0.15) is 0 Å². The van der Waals surface area contributed by atoms with Gasteiger partial charge >= 0.3 is 5.97 Å². The van der Waals surface area contributed by atoms with Crippen molar-refractivity contribution in [3.8, 4) is 5.75 Å². The Morgan fingerprint density at radius 3 is 2.53 bits per heavy atom. The van der Waals surface area contributed by atoms with Crippen molar-refractivity contribution in [2.24, 2.45) is 0 Å². The molecule has 0 unspecified atom stereocenters. The average molecular weight is 261 g/mol. The van der Waals surface area contributed by atoms with Crippen molar-refractivity contribution in [1.29, 1.82) is 0 Å². The molecule has 0 fully saturated rings. The summed E-state index contributed by atoms with van der Waals surface area (Å²) in [5, 5.41) is 20.3. The second-order valence-electron chi connectivity index (χ2n) is 5.71. The number of carboxylic acid groups (broad SMARTS) is 1. The van der Waals surface area contributed by atoms with Crippen molar-refractivity contribution in [2.75, 3.05) is 0 Å². The molecule has 0 amide bonds. The lowest BCUT2D eigenvalue weighted by Crippen LogP contribution is -2.21. The van der Waals surface area contributed by atoms with Gasteiger partial charge in [0.1, 0.15) is 5.75 Å². The van der Waals surface area contributed by atoms with Crippen LogP contribution in [-0.4, -0.2) is 21.2 Å². The summed E-state index contributed by atoms with van der Waals surface area (Å²) in [5.41, 5.74) is 2.95. The Labute approximate surface area is 112 Å². The van der Waals surface area contributed by atoms with Crippen molar-refractivity contribution in [3.05, 3.63) is 29.0 Å². The predicted octanol–water partition coefficient (Wildman–Crippen LogP) is 3.24. The maximum absolute atomic E-state index is 10.9. The molecular formula is C15H19NO3. The van der Waals surface area contributed by atoms with E-state index in [0.29, 0.717) is 5.56 Å². The fraction of sp³-hybridized carbons (Fsp3) is 0.400. The van der Waals surface area contributed by atoms with Crippen LogP contribution in [0.15, 0.2) is 12.1 Å². The second-order valence-corrected chi connectivity index (χ2v) is 5.71. The van der Waals surface area contributed by atoms with E-state index in [2.05, 4.69) is 4.98 Å². The quantitative estimate of drug-likeness (QED) is 0.794. The number of carbonyl (C=O) groups is 1. The number of aryl methyl sites for hydroxylation is 2. The maximum Gasteiger partial charge on any atom is 0.304 e. The van der Waals surface area contributed by atoms with Crippen LogP contribution in [0.2, 0.25) is 0 Å². The van der Waals surface area contributed by atoms with E-state index in [-0.39, 0.29) is 12.2 Å². The molecule has 0 spiro atoms. The summed E-state index contributed by atoms with van der Waals surface area (Å²) in [6, 6.07) is 3.70. The molecule has 3 N–H and O–H groups in total. The van der Waals surface area contributed by atoms with Crippen LogP contribution in [0.5, 0.6) is 5.75 Å². The van der Waals surface area contributed by atoms with Crippen molar-refractivity contribution in [1.82, 2.24) is 4.98 Å². The molecule has 0 saturated carbocycles. The van der Waals surface area contributed by atoms with Crippen LogP contribution in [0.25, 0.3) is 10.9 Å². The highest BCUT2D eigenvalue weighted by Gasteiger charge is 2.28. The lowest BCUT2D eigenvalue weighted by Gasteiger charge is -2.24. The minimum Gasteiger partial charge on any atom is -0.507 e. The van der Waals surface area contributed by atoms with Gasteiger partial charge in [0.05, 0.1) is 6.42 Å². The number of hydrogen-bond acceptors (Lipinski definition) is 2. The number of H-pyrrole nitrogens is 1. The summed E-state index contributed by atoms with van der Waals surface area (Å²) in [6.07, 6.45) is -0.0193. The first kappa shape index (κ1) is 13.5. The first-order valence-corrected chi connectivity index (χ1v) is 6.27. The fourth-order valence-corrected chi connectivity index (χ4v) is 2.58. The Hall–Kier alpha value is -1.97. The summed E-state index contributed by atoms with van der Waals surface area (Å²) in [4.78, 5) is 14.2. The molecule has 0 saturated heterocycles. The van der Waals surface area contributed by atoms with Gasteiger partial charge < -0.3 is 15.2 Å². The molecule has 1 aromatic heterocycles. The van der Waals surface area contributed by atoms with E-state index in [1.165, 1.54) is 0 Å². The molecule has 1 heterocycles. The van der Waals surface area contributed by atoms with Crippen molar-refractivity contribution in [3.63, 3.8) is 0 Å². The highest BCUT2D eigenvalue weighted by molar-refractivity contribution is 5.91. The van der Waals surface area contributed by atoms with E-state index in [1.807, 2.05) is 33.8 Å². The molecule has 19 heavy (non-hydrogen) atoms. The zero-order chi connectivity index (χ0) is 14.4. The molecular weight excluding hydrogens is 242 g/mol. The van der Waals surface area contributed by atoms with Crippen LogP contribution >= 0.6 is 0 Å². The Morgan fingerprint density at radius 2 is 1.95 bits per heavy atom. The zero-order valence-corrected chi connectivity index (χ0v) is 11.7. The summed E-state index contributed by atoms with van der Waals surface area (Å²) in [5.74, 6) is -0.683. The molecule has 0 aliphatic carbocycles. The lowest BCUT2D eigenvalue weighted by atomic mass is 9.80. The van der Waals surface area contributed by atoms with Gasteiger partial charge in [-0.25, -0.2) is 0 Å². The molecule has 102 valence electrons. The number of aliphatic carboxylic acids is 1. The molecule has 2 rings (SSSR count). The van der Waals surface area contributed by atoms with Gasteiger partial charge in [-0.05, 0) is 25.5 Å². The predicted molar refractivity (Wildman–Crippen MR) is 74.7 cm³/mol. The molecule has 0 atom stereocenters. The van der Waals surface area contributed by atoms with E-state index in [4.69, 9.17) is 5.11 Å². The first-order chi connectivity index (χ1) is 8.74. The molecule has 2 aromatic rings. The number of hydrogen-bond donors (Lipinski definition) is 3. The van der Waals surface area contributed by atoms with Gasteiger partial charge in [0.2, 0.25) is 0 Å². The maximum atomic E-state index is 10.9. The van der Waals surface area contributed by atoms with Crippen LogP contribution in [0.4, 0.5) is 0 Å². The first-order valence-electron chi connectivity index (χ1n) is 6.27. The topological polar surface area (TPSA) is 73.3 Å². The summed E-state index contributed by atoms with van der Waals surface area (Å²) < 4.78 is 0. The van der Waals surface area contributed by atoms with E-state index in [0.717, 1.165) is 22.2 Å². The number of aromatic nitrogens is 1. The minimum absolute atomic E-state index is 0.0193. The number of carboxylic acids is 1. The third-order valence-electron chi connectivity index (χ3n) is 3.76. The average Bonchev–Trinajstić information content (AvgIpc) is 2.53. The number of rotatable bonds is 3. The van der Waals surface area contributed by atoms with Gasteiger partial charge in [-0.15, -0.1) is 0 Å². The standard InChI is InChI=1S/C15H19NO3/c1-8-9(2)16-11-6-5-10(14(19)13(8)11)15(3,4)7-12(17)18/h5-6,16,19H,7H2,1-4H3,(H,17,18). The largest absolute Gasteiger partial charge is 0.507 e. The Kier molecular flexibility index (Phi) is 3.04. The number of phenolic OH excluding ortho intramolecular Hbond substituents is 1. The minimum atomic E-state index is -0.869. The molecule has 0 aliphatic rings. The van der Waals surface area contributed by atoms with Crippen LogP contribution < -0.4 is 0 Å². The summed E-state index contributed by atoms with van der Waals surface area (Å²) in [7, 11) is 0. The van der Waals surface area contributed by atoms with Crippen molar-refractivity contribution in [2.45, 2.75) is 39.5 Å². The monoisotopic (exact) mass is 261 g/mol. The number of nitrogens with one attached hydrogen (secondary N) is 1. The lowest BCUT2D eigenvalue weighted by molar-refractivity contribution is -0.138. The van der Waals surface area contributed by atoms with Crippen molar-refractivity contribution < 1.29 is 15.0 Å². The molecule has 4 nitrogen and oxygen atoms in total. The zero-order valence-electron chi connectivity index (χ0n) is 11.7. The Morgan fingerprint density at radius 1 is 1.32 bits per heavy atom. The van der Waals surface area contributed by atoms with Crippen LogP contribution in [-0.2, 0) is 10.2 Å². The van der Waals surface area contributed by atoms with Gasteiger partial charge in [-0.3, -0.25) is 4.79 Å². The Balaban J connectivity index is 2.66. The van der Waals surface area contributed by atoms with E-state index in [9.17, 15) is 9.90 Å². The van der Waals surface area contributed by atoms with Gasteiger partial charge in [0.15, 0.2) is 0 Å². The molecule has 0 bridgehead atoms. The number of fused-ring (bicyclic) bond motifs is 1.